The van der Waals surface area contributed by atoms with Crippen molar-refractivity contribution in [2.24, 2.45) is 5.73 Å². The van der Waals surface area contributed by atoms with Crippen molar-refractivity contribution in [3.63, 3.8) is 0 Å². The third-order valence-electron chi connectivity index (χ3n) is 5.53. The zero-order chi connectivity index (χ0) is 24.5. The van der Waals surface area contributed by atoms with Gasteiger partial charge in [0.1, 0.15) is 0 Å². The van der Waals surface area contributed by atoms with Crippen LogP contribution in [-0.4, -0.2) is 27.9 Å². The monoisotopic (exact) mass is 460 g/mol. The largest absolute Gasteiger partial charge is 0.504 e. The second kappa shape index (κ2) is 16.8. The zero-order valence-electron chi connectivity index (χ0n) is 19.9. The van der Waals surface area contributed by atoms with Crippen molar-refractivity contribution in [2.75, 3.05) is 4.90 Å². The van der Waals surface area contributed by atoms with Crippen LogP contribution in [0, 0.1) is 0 Å². The van der Waals surface area contributed by atoms with Crippen LogP contribution in [-0.2, 0) is 14.4 Å². The number of phenolic OH excluding ortho intramolecular Hbond substituents is 2. The lowest BCUT2D eigenvalue weighted by atomic mass is 10.1. The van der Waals surface area contributed by atoms with Crippen LogP contribution >= 0.6 is 0 Å². The predicted octanol–water partition coefficient (Wildman–Crippen LogP) is 5.48. The van der Waals surface area contributed by atoms with Gasteiger partial charge in [0.2, 0.25) is 5.91 Å². The van der Waals surface area contributed by atoms with Crippen LogP contribution in [0.2, 0.25) is 0 Å². The molecule has 0 saturated heterocycles. The van der Waals surface area contributed by atoms with Gasteiger partial charge in [0.05, 0.1) is 5.69 Å². The summed E-state index contributed by atoms with van der Waals surface area (Å²) in [6.45, 7) is 2.23. The second-order valence-electron chi connectivity index (χ2n) is 8.41. The van der Waals surface area contributed by atoms with Crippen LogP contribution in [0.5, 0.6) is 11.5 Å². The number of anilines is 1. The van der Waals surface area contributed by atoms with Crippen LogP contribution in [0.1, 0.15) is 96.8 Å². The quantitative estimate of drug-likeness (QED) is 0.130. The van der Waals surface area contributed by atoms with Crippen molar-refractivity contribution < 1.29 is 24.6 Å². The number of allylic oxidation sites excluding steroid dienone is 2. The van der Waals surface area contributed by atoms with Crippen LogP contribution in [0.15, 0.2) is 30.4 Å². The minimum Gasteiger partial charge on any atom is -0.504 e. The SMILES string of the molecule is CCCCCCCCC=CCCCCCCCC(=O)N(C(=O)C(N)=O)c1ccc(O)c(O)c1. The minimum absolute atomic E-state index is 0.00755. The zero-order valence-corrected chi connectivity index (χ0v) is 19.9. The van der Waals surface area contributed by atoms with E-state index in [9.17, 15) is 24.6 Å². The van der Waals surface area contributed by atoms with Gasteiger partial charge in [0, 0.05) is 12.5 Å². The molecular weight excluding hydrogens is 420 g/mol. The summed E-state index contributed by atoms with van der Waals surface area (Å²) in [5, 5.41) is 19.1. The molecule has 0 aromatic heterocycles. The van der Waals surface area contributed by atoms with Crippen molar-refractivity contribution in [2.45, 2.75) is 96.8 Å². The number of carbonyl (C=O) groups is 3. The molecule has 0 spiro atoms. The van der Waals surface area contributed by atoms with E-state index in [2.05, 4.69) is 19.1 Å². The van der Waals surface area contributed by atoms with Gasteiger partial charge in [-0.15, -0.1) is 0 Å². The van der Waals surface area contributed by atoms with Crippen molar-refractivity contribution in [3.8, 4) is 11.5 Å². The Labute approximate surface area is 197 Å². The molecule has 7 nitrogen and oxygen atoms in total. The van der Waals surface area contributed by atoms with E-state index in [-0.39, 0.29) is 12.1 Å². The smallest absolute Gasteiger partial charge is 0.322 e. The molecule has 0 saturated carbocycles. The maximum absolute atomic E-state index is 12.6. The fourth-order valence-electron chi connectivity index (χ4n) is 3.59. The van der Waals surface area contributed by atoms with Crippen molar-refractivity contribution in [1.82, 2.24) is 0 Å². The van der Waals surface area contributed by atoms with Gasteiger partial charge >= 0.3 is 11.8 Å². The van der Waals surface area contributed by atoms with Gasteiger partial charge in [-0.05, 0) is 44.2 Å². The summed E-state index contributed by atoms with van der Waals surface area (Å²) >= 11 is 0. The molecule has 0 aliphatic heterocycles. The molecule has 0 bridgehead atoms. The van der Waals surface area contributed by atoms with E-state index in [0.29, 0.717) is 11.3 Å². The molecule has 3 amide bonds. The first-order chi connectivity index (χ1) is 15.9. The Morgan fingerprint density at radius 2 is 1.36 bits per heavy atom. The predicted molar refractivity (Wildman–Crippen MR) is 131 cm³/mol. The Morgan fingerprint density at radius 3 is 1.91 bits per heavy atom. The third-order valence-corrected chi connectivity index (χ3v) is 5.53. The summed E-state index contributed by atoms with van der Waals surface area (Å²) < 4.78 is 0. The van der Waals surface area contributed by atoms with E-state index in [4.69, 9.17) is 5.73 Å². The first-order valence-corrected chi connectivity index (χ1v) is 12.2. The summed E-state index contributed by atoms with van der Waals surface area (Å²) in [6, 6.07) is 3.46. The number of hydrogen-bond acceptors (Lipinski definition) is 5. The molecule has 0 aliphatic carbocycles. The molecule has 0 unspecified atom stereocenters. The lowest BCUT2D eigenvalue weighted by molar-refractivity contribution is -0.138. The minimum atomic E-state index is -1.26. The molecule has 1 aromatic rings. The van der Waals surface area contributed by atoms with Crippen molar-refractivity contribution in [1.29, 1.82) is 0 Å². The summed E-state index contributed by atoms with van der Waals surface area (Å²) in [5.74, 6) is -3.89. The molecule has 0 radical (unpaired) electrons. The number of aromatic hydroxyl groups is 2. The number of phenols is 2. The number of unbranched alkanes of at least 4 members (excludes halogenated alkanes) is 11. The summed E-state index contributed by atoms with van der Waals surface area (Å²) in [6.07, 6.45) is 19.4. The Bertz CT molecular complexity index is 776. The lowest BCUT2D eigenvalue weighted by Crippen LogP contribution is -2.44. The molecule has 0 heterocycles. The van der Waals surface area contributed by atoms with E-state index >= 15 is 0 Å². The topological polar surface area (TPSA) is 121 Å². The van der Waals surface area contributed by atoms with Gasteiger partial charge in [-0.25, -0.2) is 4.90 Å². The molecule has 0 atom stereocenters. The van der Waals surface area contributed by atoms with Crippen molar-refractivity contribution in [3.05, 3.63) is 30.4 Å². The molecule has 0 fully saturated rings. The fourth-order valence-corrected chi connectivity index (χ4v) is 3.59. The number of hydrogen-bond donors (Lipinski definition) is 3. The van der Waals surface area contributed by atoms with E-state index in [1.807, 2.05) is 0 Å². The van der Waals surface area contributed by atoms with Gasteiger partial charge in [0.25, 0.3) is 0 Å². The van der Waals surface area contributed by atoms with E-state index in [0.717, 1.165) is 50.7 Å². The Kier molecular flexibility index (Phi) is 14.3. The highest BCUT2D eigenvalue weighted by atomic mass is 16.3. The number of primary amides is 1. The van der Waals surface area contributed by atoms with E-state index in [1.54, 1.807) is 0 Å². The fraction of sp³-hybridized carbons (Fsp3) is 0.577. The van der Waals surface area contributed by atoms with Crippen LogP contribution < -0.4 is 10.6 Å². The summed E-state index contributed by atoms with van der Waals surface area (Å²) in [4.78, 5) is 36.7. The average Bonchev–Trinajstić information content (AvgIpc) is 2.78. The highest BCUT2D eigenvalue weighted by molar-refractivity contribution is 6.44. The summed E-state index contributed by atoms with van der Waals surface area (Å²) in [7, 11) is 0. The third kappa shape index (κ3) is 11.6. The molecule has 184 valence electrons. The average molecular weight is 461 g/mol. The summed E-state index contributed by atoms with van der Waals surface area (Å²) in [5.41, 5.74) is 5.06. The molecule has 0 aliphatic rings. The number of nitrogens with two attached hydrogens (primary N) is 1. The molecular formula is C26H40N2O5. The van der Waals surface area contributed by atoms with Gasteiger partial charge in [-0.1, -0.05) is 70.4 Å². The maximum atomic E-state index is 12.6. The molecule has 4 N–H and O–H groups in total. The molecule has 33 heavy (non-hydrogen) atoms. The highest BCUT2D eigenvalue weighted by Crippen LogP contribution is 2.30. The number of imide groups is 1. The first-order valence-electron chi connectivity index (χ1n) is 12.2. The van der Waals surface area contributed by atoms with Crippen LogP contribution in [0.3, 0.4) is 0 Å². The Balaban J connectivity index is 2.26. The Morgan fingerprint density at radius 1 is 0.818 bits per heavy atom. The number of rotatable bonds is 16. The van der Waals surface area contributed by atoms with E-state index in [1.165, 1.54) is 44.6 Å². The molecule has 1 aromatic carbocycles. The standard InChI is InChI=1S/C26H40N2O5/c1-2-3-4-5-6-7-8-9-10-11-12-13-14-15-16-17-24(31)28(26(33)25(27)32)21-18-19-22(29)23(30)20-21/h9-10,18-20,29-30H,2-8,11-17H2,1H3,(H2,27,32). The number of amides is 3. The first kappa shape index (κ1) is 28.2. The molecule has 1 rings (SSSR count). The number of nitrogens with zero attached hydrogens (tertiary/aromatic N) is 1. The van der Waals surface area contributed by atoms with Crippen LogP contribution in [0.4, 0.5) is 5.69 Å². The highest BCUT2D eigenvalue weighted by Gasteiger charge is 2.27. The molecule has 7 heteroatoms. The van der Waals surface area contributed by atoms with Gasteiger partial charge in [0.15, 0.2) is 11.5 Å². The van der Waals surface area contributed by atoms with Crippen molar-refractivity contribution >= 4 is 23.4 Å². The maximum Gasteiger partial charge on any atom is 0.322 e. The van der Waals surface area contributed by atoms with Gasteiger partial charge in [-0.3, -0.25) is 14.4 Å². The van der Waals surface area contributed by atoms with E-state index < -0.39 is 29.2 Å². The van der Waals surface area contributed by atoms with Gasteiger partial charge in [-0.2, -0.15) is 0 Å². The lowest BCUT2D eigenvalue weighted by Gasteiger charge is -2.19. The Hall–Kier alpha value is -2.83. The van der Waals surface area contributed by atoms with Crippen LogP contribution in [0.25, 0.3) is 0 Å². The number of carbonyl (C=O) groups excluding carboxylic acids is 3. The van der Waals surface area contributed by atoms with Gasteiger partial charge < -0.3 is 15.9 Å². The normalized spacial score (nSPS) is 11.1. The second-order valence-corrected chi connectivity index (χ2v) is 8.41. The number of benzene rings is 1.